The molecule has 5 heteroatoms. The lowest BCUT2D eigenvalue weighted by molar-refractivity contribution is -0.128. The number of carbonyl (C=O) groups excluding carboxylic acids is 1. The van der Waals surface area contributed by atoms with E-state index in [0.717, 1.165) is 17.7 Å². The molecule has 0 saturated carbocycles. The molecular weight excluding hydrogens is 304 g/mol. The number of aromatic hydroxyl groups is 1. The summed E-state index contributed by atoms with van der Waals surface area (Å²) in [5, 5.41) is 9.47. The first-order valence-corrected chi connectivity index (χ1v) is 8.00. The molecule has 3 rings (SSSR count). The van der Waals surface area contributed by atoms with Gasteiger partial charge in [-0.2, -0.15) is 0 Å². The molecule has 2 aromatic rings. The summed E-state index contributed by atoms with van der Waals surface area (Å²) in [5.74, 6) is 1.19. The fourth-order valence-electron chi connectivity index (χ4n) is 3.13. The highest BCUT2D eigenvalue weighted by atomic mass is 16.5. The topological polar surface area (TPSA) is 53.0 Å². The summed E-state index contributed by atoms with van der Waals surface area (Å²) < 4.78 is 5.17. The van der Waals surface area contributed by atoms with E-state index in [9.17, 15) is 9.90 Å². The first-order chi connectivity index (χ1) is 11.6. The lowest BCUT2D eigenvalue weighted by Gasteiger charge is -2.28. The summed E-state index contributed by atoms with van der Waals surface area (Å²) in [6, 6.07) is 15.0. The zero-order chi connectivity index (χ0) is 17.1. The second-order valence-corrected chi connectivity index (χ2v) is 6.07. The van der Waals surface area contributed by atoms with Gasteiger partial charge in [0.2, 0.25) is 5.91 Å². The monoisotopic (exact) mass is 326 g/mol. The van der Waals surface area contributed by atoms with Gasteiger partial charge in [0, 0.05) is 6.54 Å². The van der Waals surface area contributed by atoms with Crippen LogP contribution in [-0.2, 0) is 11.2 Å². The number of carbonyl (C=O) groups is 1. The van der Waals surface area contributed by atoms with Crippen molar-refractivity contribution in [3.8, 4) is 11.5 Å². The van der Waals surface area contributed by atoms with Crippen LogP contribution in [0.5, 0.6) is 11.5 Å². The van der Waals surface area contributed by atoms with Crippen LogP contribution >= 0.6 is 0 Å². The van der Waals surface area contributed by atoms with Crippen LogP contribution in [0.3, 0.4) is 0 Å². The summed E-state index contributed by atoms with van der Waals surface area (Å²) >= 11 is 0. The van der Waals surface area contributed by atoms with Crippen molar-refractivity contribution in [3.63, 3.8) is 0 Å². The van der Waals surface area contributed by atoms with E-state index in [1.165, 1.54) is 5.56 Å². The lowest BCUT2D eigenvalue weighted by Crippen LogP contribution is -2.32. The predicted octanol–water partition coefficient (Wildman–Crippen LogP) is 2.42. The van der Waals surface area contributed by atoms with E-state index in [1.807, 2.05) is 53.2 Å². The molecule has 5 nitrogen and oxygen atoms in total. The van der Waals surface area contributed by atoms with Crippen LogP contribution < -0.4 is 4.74 Å². The Morgan fingerprint density at radius 1 is 1.12 bits per heavy atom. The highest BCUT2D eigenvalue weighted by Gasteiger charge is 2.35. The Labute approximate surface area is 142 Å². The molecule has 1 aliphatic rings. The van der Waals surface area contributed by atoms with E-state index in [0.29, 0.717) is 13.1 Å². The highest BCUT2D eigenvalue weighted by molar-refractivity contribution is 5.81. The van der Waals surface area contributed by atoms with Gasteiger partial charge in [-0.15, -0.1) is 0 Å². The van der Waals surface area contributed by atoms with Crippen molar-refractivity contribution in [1.82, 2.24) is 9.80 Å². The summed E-state index contributed by atoms with van der Waals surface area (Å²) in [7, 11) is 3.60. The smallest absolute Gasteiger partial charge is 0.238 e. The Hall–Kier alpha value is -2.53. The fraction of sp³-hybridized carbons (Fsp3) is 0.316. The first kappa shape index (κ1) is 16.3. The quantitative estimate of drug-likeness (QED) is 0.917. The number of phenolic OH excluding ortho intramolecular Hbond substituents is 1. The van der Waals surface area contributed by atoms with Gasteiger partial charge in [-0.1, -0.05) is 24.3 Å². The van der Waals surface area contributed by atoms with Crippen LogP contribution in [-0.4, -0.2) is 48.1 Å². The normalized spacial score (nSPS) is 18.2. The van der Waals surface area contributed by atoms with Gasteiger partial charge >= 0.3 is 0 Å². The molecule has 1 fully saturated rings. The maximum atomic E-state index is 12.4. The second-order valence-electron chi connectivity index (χ2n) is 6.07. The van der Waals surface area contributed by atoms with Gasteiger partial charge in [0.1, 0.15) is 17.7 Å². The Balaban J connectivity index is 1.73. The number of hydrogen-bond acceptors (Lipinski definition) is 4. The highest BCUT2D eigenvalue weighted by Crippen LogP contribution is 2.30. The first-order valence-electron chi connectivity index (χ1n) is 8.00. The fourth-order valence-corrected chi connectivity index (χ4v) is 3.13. The van der Waals surface area contributed by atoms with Gasteiger partial charge in [-0.05, 0) is 48.9 Å². The van der Waals surface area contributed by atoms with Gasteiger partial charge in [-0.3, -0.25) is 9.69 Å². The van der Waals surface area contributed by atoms with E-state index in [2.05, 4.69) is 0 Å². The lowest BCUT2D eigenvalue weighted by atomic mass is 10.1. The van der Waals surface area contributed by atoms with Crippen LogP contribution in [0.15, 0.2) is 48.5 Å². The zero-order valence-corrected chi connectivity index (χ0v) is 14.0. The number of hydrogen-bond donors (Lipinski definition) is 1. The number of amides is 1. The van der Waals surface area contributed by atoms with Gasteiger partial charge in [0.25, 0.3) is 0 Å². The van der Waals surface area contributed by atoms with Gasteiger partial charge in [0.15, 0.2) is 0 Å². The molecule has 24 heavy (non-hydrogen) atoms. The summed E-state index contributed by atoms with van der Waals surface area (Å²) in [4.78, 5) is 16.3. The molecule has 0 bridgehead atoms. The van der Waals surface area contributed by atoms with Crippen molar-refractivity contribution in [2.75, 3.05) is 27.2 Å². The van der Waals surface area contributed by atoms with Crippen LogP contribution in [0.25, 0.3) is 0 Å². The van der Waals surface area contributed by atoms with Crippen LogP contribution in [0.1, 0.15) is 17.3 Å². The maximum absolute atomic E-state index is 12.4. The van der Waals surface area contributed by atoms with Crippen molar-refractivity contribution in [2.45, 2.75) is 12.6 Å². The van der Waals surface area contributed by atoms with Gasteiger partial charge < -0.3 is 14.7 Å². The summed E-state index contributed by atoms with van der Waals surface area (Å²) in [5.41, 5.74) is 2.18. The van der Waals surface area contributed by atoms with Crippen LogP contribution in [0.2, 0.25) is 0 Å². The van der Waals surface area contributed by atoms with Crippen LogP contribution in [0, 0.1) is 0 Å². The Morgan fingerprint density at radius 2 is 1.79 bits per heavy atom. The predicted molar refractivity (Wildman–Crippen MR) is 91.9 cm³/mol. The molecular formula is C19H22N2O3. The van der Waals surface area contributed by atoms with Crippen molar-refractivity contribution < 1.29 is 14.6 Å². The third-order valence-corrected chi connectivity index (χ3v) is 4.41. The van der Waals surface area contributed by atoms with E-state index < -0.39 is 0 Å². The molecule has 0 spiro atoms. The molecule has 0 radical (unpaired) electrons. The number of nitrogens with zero attached hydrogens (tertiary/aromatic N) is 2. The average Bonchev–Trinajstić information content (AvgIpc) is 2.88. The maximum Gasteiger partial charge on any atom is 0.238 e. The minimum absolute atomic E-state index is 0.0867. The van der Waals surface area contributed by atoms with Crippen molar-refractivity contribution in [3.05, 3.63) is 59.7 Å². The number of ether oxygens (including phenoxy) is 1. The van der Waals surface area contributed by atoms with E-state index in [-0.39, 0.29) is 17.8 Å². The van der Waals surface area contributed by atoms with Crippen molar-refractivity contribution in [2.24, 2.45) is 0 Å². The zero-order valence-electron chi connectivity index (χ0n) is 14.0. The van der Waals surface area contributed by atoms with E-state index in [1.54, 1.807) is 19.2 Å². The Morgan fingerprint density at radius 3 is 2.42 bits per heavy atom. The van der Waals surface area contributed by atoms with E-state index in [4.69, 9.17) is 4.74 Å². The number of phenols is 1. The molecule has 1 aliphatic heterocycles. The number of benzene rings is 2. The molecule has 1 amide bonds. The molecule has 1 unspecified atom stereocenters. The number of methoxy groups -OCH3 is 1. The van der Waals surface area contributed by atoms with Crippen molar-refractivity contribution in [1.29, 1.82) is 0 Å². The SMILES string of the molecule is COc1ccc(CCN2C(=O)CN(C)C2c2ccc(O)cc2)cc1. The van der Waals surface area contributed by atoms with Crippen molar-refractivity contribution >= 4 is 5.91 Å². The summed E-state index contributed by atoms with van der Waals surface area (Å²) in [6.45, 7) is 1.06. The third-order valence-electron chi connectivity index (χ3n) is 4.41. The third kappa shape index (κ3) is 3.36. The molecule has 1 atom stereocenters. The van der Waals surface area contributed by atoms with E-state index >= 15 is 0 Å². The Bertz CT molecular complexity index is 698. The molecule has 1 saturated heterocycles. The molecule has 126 valence electrons. The largest absolute Gasteiger partial charge is 0.508 e. The minimum Gasteiger partial charge on any atom is -0.508 e. The average molecular weight is 326 g/mol. The standard InChI is InChI=1S/C19H22N2O3/c1-20-13-18(23)21(19(20)15-5-7-16(22)8-6-15)12-11-14-3-9-17(24-2)10-4-14/h3-10,19,22H,11-13H2,1-2H3. The molecule has 1 heterocycles. The second kappa shape index (κ2) is 6.93. The summed E-state index contributed by atoms with van der Waals surface area (Å²) in [6.07, 6.45) is 0.703. The van der Waals surface area contributed by atoms with Gasteiger partial charge in [-0.25, -0.2) is 0 Å². The molecule has 2 aromatic carbocycles. The number of rotatable bonds is 5. The molecule has 1 N–H and O–H groups in total. The number of likely N-dealkylation sites (N-methyl/N-ethyl adjacent to an activating group) is 1. The van der Waals surface area contributed by atoms with Crippen LogP contribution in [0.4, 0.5) is 0 Å². The van der Waals surface area contributed by atoms with Gasteiger partial charge in [0.05, 0.1) is 13.7 Å². The molecule has 0 aromatic heterocycles. The minimum atomic E-state index is -0.0867. The molecule has 0 aliphatic carbocycles. The Kier molecular flexibility index (Phi) is 4.71.